The van der Waals surface area contributed by atoms with Crippen LogP contribution >= 0.6 is 0 Å². The first kappa shape index (κ1) is 24.1. The number of carbonyl (C=O) groups is 2. The highest BCUT2D eigenvalue weighted by molar-refractivity contribution is 6.19. The molecule has 8 nitrogen and oxygen atoms in total. The molecule has 3 aromatic carbocycles. The molecule has 1 amide bonds. The van der Waals surface area contributed by atoms with Crippen LogP contribution in [0.25, 0.3) is 28.3 Å². The van der Waals surface area contributed by atoms with Crippen molar-refractivity contribution in [1.82, 2.24) is 14.8 Å². The van der Waals surface area contributed by atoms with Gasteiger partial charge in [-0.05, 0) is 68.4 Å². The average Bonchev–Trinajstić information content (AvgIpc) is 3.64. The third-order valence-electron chi connectivity index (χ3n) is 6.19. The number of nitrogens with one attached hydrogen (secondary N) is 1. The Morgan fingerprint density at radius 3 is 2.33 bits per heavy atom. The lowest BCUT2D eigenvalue weighted by atomic mass is 10.1. The molecule has 192 valence electrons. The summed E-state index contributed by atoms with van der Waals surface area (Å²) in [5, 5.41) is 7.82. The molecule has 39 heavy (non-hydrogen) atoms. The molecule has 0 saturated heterocycles. The highest BCUT2D eigenvalue weighted by atomic mass is 19.1. The highest BCUT2D eigenvalue weighted by Gasteiger charge is 2.28. The Balaban J connectivity index is 1.46. The summed E-state index contributed by atoms with van der Waals surface area (Å²) < 4.78 is 26.9. The van der Waals surface area contributed by atoms with Gasteiger partial charge in [0.2, 0.25) is 11.7 Å². The van der Waals surface area contributed by atoms with E-state index in [0.717, 1.165) is 11.4 Å². The Bertz CT molecular complexity index is 1850. The third-order valence-corrected chi connectivity index (χ3v) is 6.19. The van der Waals surface area contributed by atoms with E-state index < -0.39 is 17.5 Å². The maximum absolute atomic E-state index is 13.8. The lowest BCUT2D eigenvalue weighted by Crippen LogP contribution is -2.17. The first-order valence-corrected chi connectivity index (χ1v) is 12.1. The summed E-state index contributed by atoms with van der Waals surface area (Å²) in [6.07, 6.45) is 0. The molecule has 3 aromatic heterocycles. The van der Waals surface area contributed by atoms with E-state index in [1.54, 1.807) is 24.3 Å². The number of aromatic nitrogens is 3. The van der Waals surface area contributed by atoms with Crippen LogP contribution < -0.4 is 5.32 Å². The molecule has 0 fully saturated rings. The van der Waals surface area contributed by atoms with Crippen LogP contribution in [-0.2, 0) is 0 Å². The second-order valence-corrected chi connectivity index (χ2v) is 8.97. The van der Waals surface area contributed by atoms with Gasteiger partial charge in [0.15, 0.2) is 11.5 Å². The van der Waals surface area contributed by atoms with Gasteiger partial charge in [0.1, 0.15) is 11.4 Å². The molecular formula is C30H21FN4O4. The van der Waals surface area contributed by atoms with Crippen molar-refractivity contribution in [2.45, 2.75) is 13.8 Å². The predicted octanol–water partition coefficient (Wildman–Crippen LogP) is 6.51. The Labute approximate surface area is 221 Å². The summed E-state index contributed by atoms with van der Waals surface area (Å²) in [6, 6.07) is 23.1. The SMILES string of the molecule is Cc1cc(C)n(-c2oc(-c3ccccc3)nc2C(=O)Nc2c(C(=O)c3ccc(F)cc3)oc3ccccc23)n1. The van der Waals surface area contributed by atoms with Crippen molar-refractivity contribution < 1.29 is 22.8 Å². The molecule has 0 aliphatic rings. The number of halogens is 1. The summed E-state index contributed by atoms with van der Waals surface area (Å²) in [6.45, 7) is 3.68. The lowest BCUT2D eigenvalue weighted by Gasteiger charge is -2.06. The second-order valence-electron chi connectivity index (χ2n) is 8.97. The monoisotopic (exact) mass is 520 g/mol. The van der Waals surface area contributed by atoms with Crippen LogP contribution in [0.4, 0.5) is 10.1 Å². The van der Waals surface area contributed by atoms with E-state index >= 15 is 0 Å². The number of hydrogen-bond acceptors (Lipinski definition) is 6. The summed E-state index contributed by atoms with van der Waals surface area (Å²) in [5.74, 6) is -1.31. The fourth-order valence-corrected chi connectivity index (χ4v) is 4.38. The number of carbonyl (C=O) groups excluding carboxylic acids is 2. The van der Waals surface area contributed by atoms with Gasteiger partial charge in [0.05, 0.1) is 11.4 Å². The van der Waals surface area contributed by atoms with Crippen molar-refractivity contribution in [1.29, 1.82) is 0 Å². The standard InChI is InChI=1S/C30H21FN4O4/c1-17-16-18(2)35(34-17)30-25(33-29(39-30)20-8-4-3-5-9-20)28(37)32-24-22-10-6-7-11-23(22)38-27(24)26(36)19-12-14-21(31)15-13-19/h3-16H,1-2H3,(H,32,37). The maximum atomic E-state index is 13.8. The molecule has 0 saturated carbocycles. The van der Waals surface area contributed by atoms with Crippen LogP contribution in [0.1, 0.15) is 38.0 Å². The number of benzene rings is 3. The zero-order valence-electron chi connectivity index (χ0n) is 20.9. The summed E-state index contributed by atoms with van der Waals surface area (Å²) in [4.78, 5) is 31.7. The van der Waals surface area contributed by atoms with Gasteiger partial charge >= 0.3 is 0 Å². The minimum Gasteiger partial charge on any atom is -0.450 e. The Hall–Kier alpha value is -5.31. The van der Waals surface area contributed by atoms with E-state index in [1.807, 2.05) is 50.2 Å². The molecule has 1 N–H and O–H groups in total. The largest absolute Gasteiger partial charge is 0.450 e. The Morgan fingerprint density at radius 1 is 0.897 bits per heavy atom. The normalized spacial score (nSPS) is 11.2. The summed E-state index contributed by atoms with van der Waals surface area (Å²) in [7, 11) is 0. The minimum absolute atomic E-state index is 0.0227. The van der Waals surface area contributed by atoms with E-state index in [4.69, 9.17) is 8.83 Å². The van der Waals surface area contributed by atoms with Crippen molar-refractivity contribution in [2.75, 3.05) is 5.32 Å². The molecule has 0 atom stereocenters. The number of fused-ring (bicyclic) bond motifs is 1. The number of ketones is 1. The van der Waals surface area contributed by atoms with Crippen molar-refractivity contribution in [3.63, 3.8) is 0 Å². The maximum Gasteiger partial charge on any atom is 0.280 e. The second kappa shape index (κ2) is 9.53. The smallest absolute Gasteiger partial charge is 0.280 e. The zero-order chi connectivity index (χ0) is 27.1. The quantitative estimate of drug-likeness (QED) is 0.251. The zero-order valence-corrected chi connectivity index (χ0v) is 20.9. The number of furan rings is 1. The number of aryl methyl sites for hydroxylation is 2. The van der Waals surface area contributed by atoms with Gasteiger partial charge in [-0.3, -0.25) is 9.59 Å². The van der Waals surface area contributed by atoms with Crippen LogP contribution in [-0.4, -0.2) is 26.5 Å². The predicted molar refractivity (Wildman–Crippen MR) is 143 cm³/mol. The molecule has 9 heteroatoms. The number of hydrogen-bond donors (Lipinski definition) is 1. The molecule has 0 aliphatic heterocycles. The Morgan fingerprint density at radius 2 is 1.62 bits per heavy atom. The number of anilines is 1. The van der Waals surface area contributed by atoms with Crippen molar-refractivity contribution in [3.8, 4) is 17.3 Å². The number of amides is 1. The number of nitrogens with zero attached hydrogens (tertiary/aromatic N) is 3. The topological polar surface area (TPSA) is 103 Å². The average molecular weight is 521 g/mol. The van der Waals surface area contributed by atoms with Gasteiger partial charge in [-0.2, -0.15) is 5.10 Å². The first-order chi connectivity index (χ1) is 18.9. The van der Waals surface area contributed by atoms with Crippen LogP contribution in [0.3, 0.4) is 0 Å². The molecule has 6 rings (SSSR count). The van der Waals surface area contributed by atoms with Crippen LogP contribution in [0.5, 0.6) is 0 Å². The Kier molecular flexibility index (Phi) is 5.88. The molecule has 0 unspecified atom stereocenters. The lowest BCUT2D eigenvalue weighted by molar-refractivity contribution is 0.101. The number of rotatable bonds is 6. The molecule has 3 heterocycles. The highest BCUT2D eigenvalue weighted by Crippen LogP contribution is 2.34. The van der Waals surface area contributed by atoms with Gasteiger partial charge in [0, 0.05) is 22.2 Å². The number of oxazole rings is 1. The van der Waals surface area contributed by atoms with Gasteiger partial charge < -0.3 is 14.2 Å². The fraction of sp³-hybridized carbons (Fsp3) is 0.0667. The van der Waals surface area contributed by atoms with Crippen molar-refractivity contribution >= 4 is 28.3 Å². The van der Waals surface area contributed by atoms with Crippen LogP contribution in [0.2, 0.25) is 0 Å². The van der Waals surface area contributed by atoms with Gasteiger partial charge in [0.25, 0.3) is 11.8 Å². The van der Waals surface area contributed by atoms with Gasteiger partial charge in [-0.1, -0.05) is 30.3 Å². The molecule has 0 bridgehead atoms. The molecule has 0 aliphatic carbocycles. The van der Waals surface area contributed by atoms with Crippen molar-refractivity contribution in [3.05, 3.63) is 119 Å². The first-order valence-electron chi connectivity index (χ1n) is 12.1. The molecule has 6 aromatic rings. The van der Waals surface area contributed by atoms with E-state index in [9.17, 15) is 14.0 Å². The molecule has 0 spiro atoms. The van der Waals surface area contributed by atoms with E-state index in [2.05, 4.69) is 15.4 Å². The van der Waals surface area contributed by atoms with E-state index in [-0.39, 0.29) is 34.5 Å². The summed E-state index contributed by atoms with van der Waals surface area (Å²) in [5.41, 5.74) is 2.94. The minimum atomic E-state index is -0.622. The molecular weight excluding hydrogens is 499 g/mol. The molecule has 0 radical (unpaired) electrons. The fourth-order valence-electron chi connectivity index (χ4n) is 4.38. The van der Waals surface area contributed by atoms with Crippen LogP contribution in [0.15, 0.2) is 93.8 Å². The van der Waals surface area contributed by atoms with Crippen molar-refractivity contribution in [2.24, 2.45) is 0 Å². The summed E-state index contributed by atoms with van der Waals surface area (Å²) >= 11 is 0. The van der Waals surface area contributed by atoms with Gasteiger partial charge in [-0.25, -0.2) is 14.1 Å². The van der Waals surface area contributed by atoms with E-state index in [0.29, 0.717) is 16.5 Å². The van der Waals surface area contributed by atoms with E-state index in [1.165, 1.54) is 28.9 Å². The third kappa shape index (κ3) is 4.40. The van der Waals surface area contributed by atoms with Crippen LogP contribution in [0, 0.1) is 19.7 Å². The van der Waals surface area contributed by atoms with Gasteiger partial charge in [-0.15, -0.1) is 0 Å². The number of para-hydroxylation sites is 1.